The van der Waals surface area contributed by atoms with E-state index in [9.17, 15) is 13.2 Å². The summed E-state index contributed by atoms with van der Waals surface area (Å²) in [6.45, 7) is 13.2. The van der Waals surface area contributed by atoms with E-state index in [1.54, 1.807) is 45.0 Å². The average molecular weight is 410 g/mol. The minimum absolute atomic E-state index is 0.121. The first-order chi connectivity index (χ1) is 12.8. The lowest BCUT2D eigenvalue weighted by atomic mass is 10.0. The number of benzene rings is 1. The lowest BCUT2D eigenvalue weighted by Gasteiger charge is -2.25. The highest BCUT2D eigenvalue weighted by molar-refractivity contribution is 7.92. The number of amides is 1. The summed E-state index contributed by atoms with van der Waals surface area (Å²) < 4.78 is 31.6. The Labute approximate surface area is 170 Å². The maximum atomic E-state index is 13.2. The smallest absolute Gasteiger partial charge is 0.408 e. The number of alkyl carbamates (subject to hydrolysis) is 1. The number of hydrogen-bond acceptors (Lipinski definition) is 4. The molecule has 1 N–H and O–H groups in total. The van der Waals surface area contributed by atoms with Gasteiger partial charge >= 0.3 is 6.09 Å². The summed E-state index contributed by atoms with van der Waals surface area (Å²) >= 11 is 0. The Hall–Kier alpha value is -1.82. The molecular formula is C22H35NO4S. The molecule has 1 unspecified atom stereocenters. The highest BCUT2D eigenvalue weighted by atomic mass is 32.2. The van der Waals surface area contributed by atoms with E-state index < -0.39 is 26.9 Å². The fourth-order valence-corrected chi connectivity index (χ4v) is 4.41. The number of carbonyl (C=O) groups excluding carboxylic acids is 1. The second-order valence-corrected chi connectivity index (χ2v) is 10.8. The van der Waals surface area contributed by atoms with E-state index in [2.05, 4.69) is 11.4 Å². The van der Waals surface area contributed by atoms with E-state index in [0.29, 0.717) is 6.42 Å². The molecule has 1 aromatic rings. The van der Waals surface area contributed by atoms with Gasteiger partial charge in [0.05, 0.1) is 4.90 Å². The molecule has 0 heterocycles. The number of hydrogen-bond donors (Lipinski definition) is 1. The van der Waals surface area contributed by atoms with Crippen LogP contribution in [0.5, 0.6) is 0 Å². The molecule has 28 heavy (non-hydrogen) atoms. The number of nitrogens with one attached hydrogen (secondary N) is 1. The molecule has 158 valence electrons. The van der Waals surface area contributed by atoms with Crippen LogP contribution in [-0.4, -0.2) is 25.5 Å². The van der Waals surface area contributed by atoms with Crippen molar-refractivity contribution in [2.45, 2.75) is 83.6 Å². The molecule has 0 saturated heterocycles. The Bertz CT molecular complexity index is 770. The molecule has 0 fully saturated rings. The van der Waals surface area contributed by atoms with Crippen LogP contribution in [0.2, 0.25) is 0 Å². The number of ether oxygens (including phenoxy) is 1. The largest absolute Gasteiger partial charge is 0.444 e. The van der Waals surface area contributed by atoms with Gasteiger partial charge in [-0.25, -0.2) is 13.2 Å². The summed E-state index contributed by atoms with van der Waals surface area (Å²) in [6.07, 6.45) is 3.48. The Morgan fingerprint density at radius 2 is 1.75 bits per heavy atom. The average Bonchev–Trinajstić information content (AvgIpc) is 2.52. The zero-order chi connectivity index (χ0) is 21.5. The summed E-state index contributed by atoms with van der Waals surface area (Å²) in [6, 6.07) is 6.69. The van der Waals surface area contributed by atoms with E-state index in [-0.39, 0.29) is 10.8 Å². The highest BCUT2D eigenvalue weighted by Gasteiger charge is 2.32. The monoisotopic (exact) mass is 409 g/mol. The van der Waals surface area contributed by atoms with Gasteiger partial charge in [-0.15, -0.1) is 0 Å². The SMILES string of the molecule is CC(C)=CCCC(C)C[C@H](NC(=O)OC(C)(C)C)S(=O)(=O)c1ccc(C)cc1. The zero-order valence-corrected chi connectivity index (χ0v) is 19.0. The fraction of sp³-hybridized carbons (Fsp3) is 0.591. The van der Waals surface area contributed by atoms with E-state index in [0.717, 1.165) is 18.4 Å². The third kappa shape index (κ3) is 8.46. The Balaban J connectivity index is 3.04. The van der Waals surface area contributed by atoms with Crippen molar-refractivity contribution < 1.29 is 17.9 Å². The van der Waals surface area contributed by atoms with Gasteiger partial charge in [-0.2, -0.15) is 0 Å². The van der Waals surface area contributed by atoms with Crippen LogP contribution < -0.4 is 5.32 Å². The van der Waals surface area contributed by atoms with Crippen molar-refractivity contribution in [3.63, 3.8) is 0 Å². The molecule has 0 aromatic heterocycles. The molecule has 1 amide bonds. The van der Waals surface area contributed by atoms with Crippen molar-refractivity contribution in [1.82, 2.24) is 5.32 Å². The van der Waals surface area contributed by atoms with Gasteiger partial charge in [0.2, 0.25) is 0 Å². The lowest BCUT2D eigenvalue weighted by molar-refractivity contribution is 0.0515. The molecule has 6 heteroatoms. The van der Waals surface area contributed by atoms with Crippen molar-refractivity contribution in [1.29, 1.82) is 0 Å². The molecule has 0 spiro atoms. The van der Waals surface area contributed by atoms with Crippen molar-refractivity contribution >= 4 is 15.9 Å². The maximum Gasteiger partial charge on any atom is 0.408 e. The molecule has 0 aliphatic heterocycles. The van der Waals surface area contributed by atoms with Crippen molar-refractivity contribution in [2.24, 2.45) is 5.92 Å². The van der Waals surface area contributed by atoms with Crippen molar-refractivity contribution in [3.05, 3.63) is 41.5 Å². The molecule has 5 nitrogen and oxygen atoms in total. The number of carbonyl (C=O) groups is 1. The standard InChI is InChI=1S/C22H35NO4S/c1-16(2)9-8-10-18(4)15-20(23-21(24)27-22(5,6)7)28(25,26)19-13-11-17(3)12-14-19/h9,11-14,18,20H,8,10,15H2,1-7H3,(H,23,24)/t18?,20-/m1/s1. The van der Waals surface area contributed by atoms with Crippen LogP contribution in [0.3, 0.4) is 0 Å². The van der Waals surface area contributed by atoms with Gasteiger partial charge in [0, 0.05) is 0 Å². The van der Waals surface area contributed by atoms with Gasteiger partial charge < -0.3 is 10.1 Å². The van der Waals surface area contributed by atoms with Crippen LogP contribution in [0.15, 0.2) is 40.8 Å². The maximum absolute atomic E-state index is 13.2. The normalized spacial score (nSPS) is 14.1. The third-order valence-corrected chi connectivity index (χ3v) is 6.22. The van der Waals surface area contributed by atoms with Gasteiger partial charge in [0.1, 0.15) is 11.0 Å². The molecule has 1 rings (SSSR count). The van der Waals surface area contributed by atoms with E-state index in [4.69, 9.17) is 4.74 Å². The summed E-state index contributed by atoms with van der Waals surface area (Å²) in [5, 5.41) is 1.56. The Morgan fingerprint density at radius 3 is 2.25 bits per heavy atom. The molecule has 1 aromatic carbocycles. The van der Waals surface area contributed by atoms with Gasteiger partial charge in [-0.1, -0.05) is 36.3 Å². The molecule has 0 radical (unpaired) electrons. The van der Waals surface area contributed by atoms with Crippen LogP contribution >= 0.6 is 0 Å². The number of rotatable bonds is 8. The number of aryl methyl sites for hydroxylation is 1. The second-order valence-electron chi connectivity index (χ2n) is 8.69. The minimum Gasteiger partial charge on any atom is -0.444 e. The Morgan fingerprint density at radius 1 is 1.18 bits per heavy atom. The van der Waals surface area contributed by atoms with E-state index in [1.807, 2.05) is 27.7 Å². The predicted molar refractivity (Wildman–Crippen MR) is 114 cm³/mol. The Kier molecular flexibility index (Phi) is 8.74. The summed E-state index contributed by atoms with van der Waals surface area (Å²) in [5.74, 6) is 0.121. The first kappa shape index (κ1) is 24.2. The minimum atomic E-state index is -3.73. The molecular weight excluding hydrogens is 374 g/mol. The van der Waals surface area contributed by atoms with Crippen LogP contribution in [0.4, 0.5) is 4.79 Å². The number of sulfone groups is 1. The first-order valence-electron chi connectivity index (χ1n) is 9.74. The van der Waals surface area contributed by atoms with Crippen LogP contribution in [-0.2, 0) is 14.6 Å². The highest BCUT2D eigenvalue weighted by Crippen LogP contribution is 2.23. The molecule has 2 atom stereocenters. The second kappa shape index (κ2) is 10.1. The van der Waals surface area contributed by atoms with E-state index >= 15 is 0 Å². The predicted octanol–water partition coefficient (Wildman–Crippen LogP) is 5.39. The first-order valence-corrected chi connectivity index (χ1v) is 11.3. The summed E-state index contributed by atoms with van der Waals surface area (Å²) in [4.78, 5) is 12.5. The topological polar surface area (TPSA) is 72.5 Å². The van der Waals surface area contributed by atoms with E-state index in [1.165, 1.54) is 5.57 Å². The van der Waals surface area contributed by atoms with Crippen molar-refractivity contribution in [3.8, 4) is 0 Å². The molecule has 0 saturated carbocycles. The van der Waals surface area contributed by atoms with Gasteiger partial charge in [-0.3, -0.25) is 0 Å². The zero-order valence-electron chi connectivity index (χ0n) is 18.2. The molecule has 0 aliphatic carbocycles. The quantitative estimate of drug-likeness (QED) is 0.584. The van der Waals surface area contributed by atoms with Gasteiger partial charge in [-0.05, 0) is 78.9 Å². The van der Waals surface area contributed by atoms with Crippen LogP contribution in [0.1, 0.15) is 66.4 Å². The summed E-state index contributed by atoms with van der Waals surface area (Å²) in [5.41, 5.74) is 1.52. The van der Waals surface area contributed by atoms with Crippen molar-refractivity contribution in [2.75, 3.05) is 0 Å². The van der Waals surface area contributed by atoms with Crippen LogP contribution in [0, 0.1) is 12.8 Å². The summed E-state index contributed by atoms with van der Waals surface area (Å²) in [7, 11) is -3.73. The number of allylic oxidation sites excluding steroid dienone is 2. The fourth-order valence-electron chi connectivity index (χ4n) is 2.73. The molecule has 0 bridgehead atoms. The van der Waals surface area contributed by atoms with Gasteiger partial charge in [0.15, 0.2) is 9.84 Å². The van der Waals surface area contributed by atoms with Gasteiger partial charge in [0.25, 0.3) is 0 Å². The van der Waals surface area contributed by atoms with Crippen LogP contribution in [0.25, 0.3) is 0 Å². The molecule has 0 aliphatic rings. The lowest BCUT2D eigenvalue weighted by Crippen LogP contribution is -2.44. The third-order valence-electron chi connectivity index (χ3n) is 4.23.